The minimum absolute atomic E-state index is 0.157. The molecule has 5 heteroatoms. The molecule has 0 aliphatic carbocycles. The Morgan fingerprint density at radius 3 is 2.46 bits per heavy atom. The van der Waals surface area contributed by atoms with E-state index in [1.165, 1.54) is 0 Å². The minimum Gasteiger partial charge on any atom is -0.385 e. The van der Waals surface area contributed by atoms with Gasteiger partial charge in [-0.3, -0.25) is 9.59 Å². The topological polar surface area (TPSA) is 58.6 Å². The van der Waals surface area contributed by atoms with Crippen molar-refractivity contribution in [3.05, 3.63) is 65.7 Å². The number of hydrogen-bond acceptors (Lipinski definition) is 3. The van der Waals surface area contributed by atoms with E-state index in [0.29, 0.717) is 24.3 Å². The van der Waals surface area contributed by atoms with Crippen molar-refractivity contribution in [3.8, 4) is 0 Å². The van der Waals surface area contributed by atoms with Crippen LogP contribution >= 0.6 is 0 Å². The molecule has 1 N–H and O–H groups in total. The summed E-state index contributed by atoms with van der Waals surface area (Å²) >= 11 is 0. The molecule has 0 atom stereocenters. The number of para-hydroxylation sites is 1. The molecule has 0 aliphatic rings. The van der Waals surface area contributed by atoms with E-state index in [1.807, 2.05) is 30.3 Å². The molecule has 0 aliphatic heterocycles. The van der Waals surface area contributed by atoms with Gasteiger partial charge in [0.25, 0.3) is 11.8 Å². The molecule has 5 nitrogen and oxygen atoms in total. The molecular weight excluding hydrogens is 304 g/mol. The molecule has 0 unspecified atom stereocenters. The lowest BCUT2D eigenvalue weighted by molar-refractivity contribution is 0.0948. The molecule has 2 aromatic carbocycles. The van der Waals surface area contributed by atoms with Gasteiger partial charge in [0.15, 0.2) is 0 Å². The summed E-state index contributed by atoms with van der Waals surface area (Å²) in [6.45, 7) is 1.13. The summed E-state index contributed by atoms with van der Waals surface area (Å²) < 4.78 is 4.95. The average Bonchev–Trinajstić information content (AvgIpc) is 2.64. The van der Waals surface area contributed by atoms with E-state index in [9.17, 15) is 9.59 Å². The van der Waals surface area contributed by atoms with E-state index in [-0.39, 0.29) is 11.8 Å². The molecule has 0 saturated heterocycles. The largest absolute Gasteiger partial charge is 0.385 e. The van der Waals surface area contributed by atoms with Crippen LogP contribution in [0.3, 0.4) is 0 Å². The molecule has 24 heavy (non-hydrogen) atoms. The zero-order valence-electron chi connectivity index (χ0n) is 14.0. The molecule has 0 radical (unpaired) electrons. The van der Waals surface area contributed by atoms with Crippen molar-refractivity contribution in [2.45, 2.75) is 6.42 Å². The Bertz CT molecular complexity index is 686. The van der Waals surface area contributed by atoms with Gasteiger partial charge in [0.05, 0.1) is 0 Å². The van der Waals surface area contributed by atoms with Crippen molar-refractivity contribution in [1.29, 1.82) is 0 Å². The predicted molar refractivity (Wildman–Crippen MR) is 94.4 cm³/mol. The lowest BCUT2D eigenvalue weighted by Gasteiger charge is -2.17. The van der Waals surface area contributed by atoms with Gasteiger partial charge in [-0.1, -0.05) is 24.3 Å². The summed E-state index contributed by atoms with van der Waals surface area (Å²) in [4.78, 5) is 26.3. The number of carbonyl (C=O) groups excluding carboxylic acids is 2. The molecule has 126 valence electrons. The molecule has 2 rings (SSSR count). The number of rotatable bonds is 7. The Labute approximate surface area is 142 Å². The van der Waals surface area contributed by atoms with Gasteiger partial charge in [-0.15, -0.1) is 0 Å². The lowest BCUT2D eigenvalue weighted by Crippen LogP contribution is -2.28. The first-order valence-corrected chi connectivity index (χ1v) is 7.84. The van der Waals surface area contributed by atoms with Crippen LogP contribution < -0.4 is 10.2 Å². The van der Waals surface area contributed by atoms with Crippen LogP contribution in [0.1, 0.15) is 27.1 Å². The first kappa shape index (κ1) is 17.7. The minimum atomic E-state index is -0.192. The first-order valence-electron chi connectivity index (χ1n) is 7.84. The van der Waals surface area contributed by atoms with Crippen LogP contribution in [0.25, 0.3) is 0 Å². The number of methoxy groups -OCH3 is 1. The molecule has 0 heterocycles. The maximum absolute atomic E-state index is 12.6. The summed E-state index contributed by atoms with van der Waals surface area (Å²) in [6.07, 6.45) is 0.748. The highest BCUT2D eigenvalue weighted by molar-refractivity contribution is 6.07. The zero-order valence-corrected chi connectivity index (χ0v) is 14.0. The SMILES string of the molecule is COCCCNC(=O)c1cccc(C(=O)N(C)c2ccccc2)c1. The quantitative estimate of drug-likeness (QED) is 0.796. The van der Waals surface area contributed by atoms with Crippen molar-refractivity contribution in [3.63, 3.8) is 0 Å². The average molecular weight is 326 g/mol. The predicted octanol–water partition coefficient (Wildman–Crippen LogP) is 2.73. The maximum Gasteiger partial charge on any atom is 0.258 e. The number of benzene rings is 2. The Morgan fingerprint density at radius 1 is 1.04 bits per heavy atom. The van der Waals surface area contributed by atoms with Crippen molar-refractivity contribution in [1.82, 2.24) is 5.32 Å². The van der Waals surface area contributed by atoms with Crippen LogP contribution in [0.4, 0.5) is 5.69 Å². The van der Waals surface area contributed by atoms with E-state index in [0.717, 1.165) is 12.1 Å². The second kappa shape index (κ2) is 8.84. The standard InChI is InChI=1S/C19H22N2O3/c1-21(17-10-4-3-5-11-17)19(23)16-9-6-8-15(14-16)18(22)20-12-7-13-24-2/h3-6,8-11,14H,7,12-13H2,1-2H3,(H,20,22). The zero-order chi connectivity index (χ0) is 17.4. The lowest BCUT2D eigenvalue weighted by atomic mass is 10.1. The van der Waals surface area contributed by atoms with Gasteiger partial charge < -0.3 is 15.0 Å². The Kier molecular flexibility index (Phi) is 6.51. The molecular formula is C19H22N2O3. The fourth-order valence-electron chi connectivity index (χ4n) is 2.28. The Hall–Kier alpha value is -2.66. The molecule has 0 aromatic heterocycles. The van der Waals surface area contributed by atoms with Crippen LogP contribution in [-0.4, -0.2) is 39.1 Å². The van der Waals surface area contributed by atoms with Gasteiger partial charge in [-0.25, -0.2) is 0 Å². The van der Waals surface area contributed by atoms with Gasteiger partial charge in [0.2, 0.25) is 0 Å². The van der Waals surface area contributed by atoms with Gasteiger partial charge in [-0.05, 0) is 36.8 Å². The number of nitrogens with zero attached hydrogens (tertiary/aromatic N) is 1. The normalized spacial score (nSPS) is 10.2. The maximum atomic E-state index is 12.6. The summed E-state index contributed by atoms with van der Waals surface area (Å²) in [5.41, 5.74) is 1.75. The number of nitrogens with one attached hydrogen (secondary N) is 1. The second-order valence-electron chi connectivity index (χ2n) is 5.38. The summed E-state index contributed by atoms with van der Waals surface area (Å²) in [7, 11) is 3.34. The van der Waals surface area contributed by atoms with Crippen LogP contribution in [-0.2, 0) is 4.74 Å². The van der Waals surface area contributed by atoms with E-state index < -0.39 is 0 Å². The summed E-state index contributed by atoms with van der Waals surface area (Å²) in [5, 5.41) is 2.82. The number of carbonyl (C=O) groups is 2. The smallest absolute Gasteiger partial charge is 0.258 e. The summed E-state index contributed by atoms with van der Waals surface area (Å²) in [6, 6.07) is 16.1. The first-order chi connectivity index (χ1) is 11.6. The number of hydrogen-bond donors (Lipinski definition) is 1. The van der Waals surface area contributed by atoms with Gasteiger partial charge in [0.1, 0.15) is 0 Å². The summed E-state index contributed by atoms with van der Waals surface area (Å²) in [5.74, 6) is -0.349. The molecule has 0 saturated carbocycles. The van der Waals surface area contributed by atoms with E-state index in [4.69, 9.17) is 4.74 Å². The highest BCUT2D eigenvalue weighted by Crippen LogP contribution is 2.15. The fourth-order valence-corrected chi connectivity index (χ4v) is 2.28. The molecule has 2 aromatic rings. The van der Waals surface area contributed by atoms with Crippen molar-refractivity contribution < 1.29 is 14.3 Å². The van der Waals surface area contributed by atoms with E-state index in [1.54, 1.807) is 43.3 Å². The van der Waals surface area contributed by atoms with E-state index >= 15 is 0 Å². The Balaban J connectivity index is 2.06. The van der Waals surface area contributed by atoms with Crippen LogP contribution in [0.2, 0.25) is 0 Å². The molecule has 0 fully saturated rings. The molecule has 0 bridgehead atoms. The fraction of sp³-hybridized carbons (Fsp3) is 0.263. The van der Waals surface area contributed by atoms with Gasteiger partial charge >= 0.3 is 0 Å². The van der Waals surface area contributed by atoms with Gasteiger partial charge in [0, 0.05) is 44.1 Å². The Morgan fingerprint density at radius 2 is 1.75 bits per heavy atom. The number of ether oxygens (including phenoxy) is 1. The van der Waals surface area contributed by atoms with Crippen LogP contribution in [0.15, 0.2) is 54.6 Å². The monoisotopic (exact) mass is 326 g/mol. The number of anilines is 1. The highest BCUT2D eigenvalue weighted by atomic mass is 16.5. The highest BCUT2D eigenvalue weighted by Gasteiger charge is 2.15. The van der Waals surface area contributed by atoms with Crippen LogP contribution in [0.5, 0.6) is 0 Å². The van der Waals surface area contributed by atoms with Gasteiger partial charge in [-0.2, -0.15) is 0 Å². The third kappa shape index (κ3) is 4.67. The van der Waals surface area contributed by atoms with Crippen molar-refractivity contribution in [2.24, 2.45) is 0 Å². The van der Waals surface area contributed by atoms with E-state index in [2.05, 4.69) is 5.32 Å². The number of amides is 2. The third-order valence-electron chi connectivity index (χ3n) is 3.63. The second-order valence-corrected chi connectivity index (χ2v) is 5.38. The molecule has 0 spiro atoms. The third-order valence-corrected chi connectivity index (χ3v) is 3.63. The van der Waals surface area contributed by atoms with Crippen LogP contribution in [0, 0.1) is 0 Å². The molecule has 2 amide bonds. The van der Waals surface area contributed by atoms with Crippen molar-refractivity contribution >= 4 is 17.5 Å². The van der Waals surface area contributed by atoms with Crippen molar-refractivity contribution in [2.75, 3.05) is 32.2 Å².